The van der Waals surface area contributed by atoms with Crippen LogP contribution in [0.25, 0.3) is 0 Å². The Labute approximate surface area is 112 Å². The van der Waals surface area contributed by atoms with Gasteiger partial charge in [0.2, 0.25) is 0 Å². The number of nitrogens with one attached hydrogen (secondary N) is 1. The molecule has 0 saturated carbocycles. The first-order valence-electron chi connectivity index (χ1n) is 5.17. The maximum Gasteiger partial charge on any atom is 0.252 e. The smallest absolute Gasteiger partial charge is 0.252 e. The van der Waals surface area contributed by atoms with E-state index in [1.54, 1.807) is 18.2 Å². The van der Waals surface area contributed by atoms with E-state index in [1.165, 1.54) is 0 Å². The molecule has 1 N–H and O–H groups in total. The van der Waals surface area contributed by atoms with E-state index in [9.17, 15) is 4.79 Å². The molecule has 0 heterocycles. The molecule has 0 fully saturated rings. The topological polar surface area (TPSA) is 29.1 Å². The van der Waals surface area contributed by atoms with Crippen molar-refractivity contribution < 1.29 is 4.79 Å². The van der Waals surface area contributed by atoms with Gasteiger partial charge in [-0.3, -0.25) is 4.79 Å². The third kappa shape index (κ3) is 3.76. The Hall–Kier alpha value is -0.990. The van der Waals surface area contributed by atoms with Crippen molar-refractivity contribution >= 4 is 29.1 Å². The molecule has 0 spiro atoms. The van der Waals surface area contributed by atoms with Crippen molar-refractivity contribution in [2.45, 2.75) is 26.3 Å². The zero-order chi connectivity index (χ0) is 13.2. The van der Waals surface area contributed by atoms with Crippen LogP contribution in [0.5, 0.6) is 0 Å². The largest absolute Gasteiger partial charge is 0.343 e. The van der Waals surface area contributed by atoms with Crippen molar-refractivity contribution in [1.82, 2.24) is 5.32 Å². The number of benzene rings is 1. The van der Waals surface area contributed by atoms with Crippen LogP contribution in [-0.2, 0) is 0 Å². The fourth-order valence-electron chi connectivity index (χ4n) is 1.15. The number of rotatable bonds is 3. The molecule has 0 unspecified atom stereocenters. The lowest BCUT2D eigenvalue weighted by Crippen LogP contribution is -2.44. The number of hydrogen-bond acceptors (Lipinski definition) is 1. The van der Waals surface area contributed by atoms with Gasteiger partial charge in [-0.2, -0.15) is 0 Å². The summed E-state index contributed by atoms with van der Waals surface area (Å²) in [7, 11) is 0. The second-order valence-electron chi connectivity index (χ2n) is 4.52. The molecule has 0 bridgehead atoms. The summed E-state index contributed by atoms with van der Waals surface area (Å²) in [5.74, 6) is -0.220. The van der Waals surface area contributed by atoms with Gasteiger partial charge in [-0.15, -0.1) is 0 Å². The normalized spacial score (nSPS) is 11.1. The van der Waals surface area contributed by atoms with Gasteiger partial charge in [0.1, 0.15) is 0 Å². The lowest BCUT2D eigenvalue weighted by atomic mass is 9.96. The lowest BCUT2D eigenvalue weighted by Gasteiger charge is -2.26. The Morgan fingerprint density at radius 1 is 1.24 bits per heavy atom. The Balaban J connectivity index is 2.94. The Kier molecular flexibility index (Phi) is 4.23. The van der Waals surface area contributed by atoms with Gasteiger partial charge in [0.05, 0.1) is 5.54 Å². The summed E-state index contributed by atoms with van der Waals surface area (Å²) in [4.78, 5) is 12.0. The van der Waals surface area contributed by atoms with Gasteiger partial charge in [-0.05, 0) is 39.0 Å². The monoisotopic (exact) mass is 271 g/mol. The number of carbonyl (C=O) groups is 1. The molecule has 0 radical (unpaired) electrons. The van der Waals surface area contributed by atoms with E-state index in [2.05, 4.69) is 11.9 Å². The molecule has 0 atom stereocenters. The quantitative estimate of drug-likeness (QED) is 0.825. The van der Waals surface area contributed by atoms with Crippen molar-refractivity contribution in [3.63, 3.8) is 0 Å². The van der Waals surface area contributed by atoms with E-state index < -0.39 is 5.54 Å². The van der Waals surface area contributed by atoms with E-state index in [0.717, 1.165) is 5.57 Å². The molecule has 1 aromatic carbocycles. The van der Waals surface area contributed by atoms with Crippen LogP contribution in [0.1, 0.15) is 31.1 Å². The molecule has 1 aromatic rings. The van der Waals surface area contributed by atoms with Gasteiger partial charge >= 0.3 is 0 Å². The molecule has 0 saturated heterocycles. The number of amides is 1. The molecule has 2 nitrogen and oxygen atoms in total. The van der Waals surface area contributed by atoms with Crippen LogP contribution >= 0.6 is 23.2 Å². The zero-order valence-corrected chi connectivity index (χ0v) is 11.6. The Morgan fingerprint density at radius 3 is 2.12 bits per heavy atom. The van der Waals surface area contributed by atoms with Gasteiger partial charge < -0.3 is 5.32 Å². The first-order valence-corrected chi connectivity index (χ1v) is 5.92. The van der Waals surface area contributed by atoms with Crippen LogP contribution in [0.15, 0.2) is 30.4 Å². The molecule has 1 amide bonds. The molecule has 4 heteroatoms. The van der Waals surface area contributed by atoms with Gasteiger partial charge in [0, 0.05) is 15.6 Å². The van der Waals surface area contributed by atoms with Gasteiger partial charge in [0.15, 0.2) is 0 Å². The number of halogens is 2. The molecule has 1 rings (SSSR count). The van der Waals surface area contributed by atoms with E-state index in [0.29, 0.717) is 15.6 Å². The third-order valence-corrected chi connectivity index (χ3v) is 3.05. The van der Waals surface area contributed by atoms with Crippen LogP contribution in [0.2, 0.25) is 10.0 Å². The van der Waals surface area contributed by atoms with Crippen LogP contribution in [-0.4, -0.2) is 11.4 Å². The molecule has 0 aromatic heterocycles. The van der Waals surface area contributed by atoms with Gasteiger partial charge in [-0.1, -0.05) is 35.4 Å². The van der Waals surface area contributed by atoms with Crippen LogP contribution < -0.4 is 5.32 Å². The van der Waals surface area contributed by atoms with Gasteiger partial charge in [-0.25, -0.2) is 0 Å². The highest BCUT2D eigenvalue weighted by molar-refractivity contribution is 6.35. The molecule has 0 aliphatic carbocycles. The van der Waals surface area contributed by atoms with Crippen molar-refractivity contribution in [2.24, 2.45) is 0 Å². The van der Waals surface area contributed by atoms with E-state index >= 15 is 0 Å². The second-order valence-corrected chi connectivity index (χ2v) is 5.39. The molecular formula is C13H15Cl2NO. The molecule has 17 heavy (non-hydrogen) atoms. The third-order valence-electron chi connectivity index (χ3n) is 2.62. The Bertz CT molecular complexity index is 446. The standard InChI is InChI=1S/C13H15Cl2NO/c1-8(2)13(3,4)16-12(17)9-5-10(14)7-11(15)6-9/h5-7H,1H2,2-4H3,(H,16,17). The Morgan fingerprint density at radius 2 is 1.71 bits per heavy atom. The summed E-state index contributed by atoms with van der Waals surface area (Å²) in [6.45, 7) is 9.48. The minimum absolute atomic E-state index is 0.220. The maximum absolute atomic E-state index is 12.0. The molecule has 0 aliphatic heterocycles. The molecular weight excluding hydrogens is 257 g/mol. The van der Waals surface area contributed by atoms with Crippen LogP contribution in [0.4, 0.5) is 0 Å². The summed E-state index contributed by atoms with van der Waals surface area (Å²) in [5, 5.41) is 3.75. The minimum Gasteiger partial charge on any atom is -0.343 e. The molecule has 0 aliphatic rings. The number of carbonyl (C=O) groups excluding carboxylic acids is 1. The van der Waals surface area contributed by atoms with Gasteiger partial charge in [0.25, 0.3) is 5.91 Å². The second kappa shape index (κ2) is 5.11. The summed E-state index contributed by atoms with van der Waals surface area (Å²) in [5.41, 5.74) is 0.849. The van der Waals surface area contributed by atoms with E-state index in [-0.39, 0.29) is 5.91 Å². The van der Waals surface area contributed by atoms with E-state index in [4.69, 9.17) is 23.2 Å². The summed E-state index contributed by atoms with van der Waals surface area (Å²) in [6.07, 6.45) is 0. The predicted molar refractivity (Wildman–Crippen MR) is 72.8 cm³/mol. The molecule has 92 valence electrons. The van der Waals surface area contributed by atoms with Crippen molar-refractivity contribution in [3.8, 4) is 0 Å². The van der Waals surface area contributed by atoms with Crippen molar-refractivity contribution in [1.29, 1.82) is 0 Å². The van der Waals surface area contributed by atoms with Crippen molar-refractivity contribution in [3.05, 3.63) is 46.0 Å². The van der Waals surface area contributed by atoms with Crippen molar-refractivity contribution in [2.75, 3.05) is 0 Å². The highest BCUT2D eigenvalue weighted by Gasteiger charge is 2.22. The average molecular weight is 272 g/mol. The van der Waals surface area contributed by atoms with Crippen LogP contribution in [0.3, 0.4) is 0 Å². The first-order chi connectivity index (χ1) is 7.72. The summed E-state index contributed by atoms with van der Waals surface area (Å²) >= 11 is 11.7. The fraction of sp³-hybridized carbons (Fsp3) is 0.308. The average Bonchev–Trinajstić information content (AvgIpc) is 2.15. The maximum atomic E-state index is 12.0. The predicted octanol–water partition coefficient (Wildman–Crippen LogP) is 4.08. The first kappa shape index (κ1) is 14.1. The van der Waals surface area contributed by atoms with Crippen LogP contribution in [0, 0.1) is 0 Å². The SMILES string of the molecule is C=C(C)C(C)(C)NC(=O)c1cc(Cl)cc(Cl)c1. The zero-order valence-electron chi connectivity index (χ0n) is 10.1. The summed E-state index contributed by atoms with van der Waals surface area (Å²) < 4.78 is 0. The number of hydrogen-bond donors (Lipinski definition) is 1. The van der Waals surface area contributed by atoms with E-state index in [1.807, 2.05) is 20.8 Å². The highest BCUT2D eigenvalue weighted by Crippen LogP contribution is 2.20. The minimum atomic E-state index is -0.466. The lowest BCUT2D eigenvalue weighted by molar-refractivity contribution is 0.0924. The summed E-state index contributed by atoms with van der Waals surface area (Å²) in [6, 6.07) is 4.75. The fourth-order valence-corrected chi connectivity index (χ4v) is 1.67. The highest BCUT2D eigenvalue weighted by atomic mass is 35.5.